The Hall–Kier alpha value is -2.01. The molecule has 3 rings (SSSR count). The van der Waals surface area contributed by atoms with Crippen LogP contribution in [0, 0.1) is 0 Å². The maximum atomic E-state index is 12.6. The first-order valence-corrected chi connectivity index (χ1v) is 8.82. The molecule has 2 aliphatic heterocycles. The zero-order chi connectivity index (χ0) is 17.1. The summed E-state index contributed by atoms with van der Waals surface area (Å²) >= 11 is 0. The van der Waals surface area contributed by atoms with Crippen molar-refractivity contribution in [3.8, 4) is 0 Å². The van der Waals surface area contributed by atoms with Gasteiger partial charge in [0, 0.05) is 56.7 Å². The average molecular weight is 328 g/mol. The van der Waals surface area contributed by atoms with Gasteiger partial charge in [-0.1, -0.05) is 18.2 Å². The third-order valence-electron chi connectivity index (χ3n) is 5.09. The van der Waals surface area contributed by atoms with Crippen molar-refractivity contribution in [1.82, 2.24) is 9.80 Å². The molecule has 1 aromatic rings. The number of urea groups is 1. The van der Waals surface area contributed by atoms with E-state index in [-0.39, 0.29) is 6.03 Å². The number of carbonyl (C=O) groups excluding carboxylic acids is 1. The quantitative estimate of drug-likeness (QED) is 0.864. The van der Waals surface area contributed by atoms with E-state index >= 15 is 0 Å². The van der Waals surface area contributed by atoms with E-state index in [1.807, 2.05) is 23.1 Å². The van der Waals surface area contributed by atoms with Crippen molar-refractivity contribution in [3.05, 3.63) is 36.4 Å². The molecule has 0 saturated carbocycles. The van der Waals surface area contributed by atoms with E-state index in [1.54, 1.807) is 0 Å². The first-order chi connectivity index (χ1) is 11.5. The van der Waals surface area contributed by atoms with Gasteiger partial charge in [-0.15, -0.1) is 0 Å². The van der Waals surface area contributed by atoms with Gasteiger partial charge in [0.25, 0.3) is 0 Å². The summed E-state index contributed by atoms with van der Waals surface area (Å²) in [6.07, 6.45) is 5.48. The van der Waals surface area contributed by atoms with E-state index in [0.29, 0.717) is 12.1 Å². The molecule has 1 saturated heterocycles. The normalized spacial score (nSPS) is 20.8. The van der Waals surface area contributed by atoms with Crippen molar-refractivity contribution in [1.29, 1.82) is 0 Å². The fraction of sp³-hybridized carbons (Fsp3) is 0.526. The molecule has 1 fully saturated rings. The van der Waals surface area contributed by atoms with Gasteiger partial charge in [-0.2, -0.15) is 0 Å². The highest BCUT2D eigenvalue weighted by molar-refractivity contribution is 5.90. The minimum absolute atomic E-state index is 0.00834. The Bertz CT molecular complexity index is 605. The summed E-state index contributed by atoms with van der Waals surface area (Å²) in [7, 11) is 2.07. The lowest BCUT2D eigenvalue weighted by molar-refractivity contribution is 0.212. The highest BCUT2D eigenvalue weighted by atomic mass is 16.2. The zero-order valence-electron chi connectivity index (χ0n) is 14.9. The topological polar surface area (TPSA) is 38.8 Å². The largest absolute Gasteiger partial charge is 0.372 e. The Morgan fingerprint density at radius 2 is 2.04 bits per heavy atom. The first kappa shape index (κ1) is 16.8. The fourth-order valence-corrected chi connectivity index (χ4v) is 3.32. The monoisotopic (exact) mass is 328 g/mol. The molecule has 0 spiro atoms. The minimum atomic E-state index is 0.00834. The molecule has 0 aromatic heterocycles. The van der Waals surface area contributed by atoms with Crippen molar-refractivity contribution in [2.45, 2.75) is 32.4 Å². The summed E-state index contributed by atoms with van der Waals surface area (Å²) in [5.74, 6) is 0. The Labute approximate surface area is 144 Å². The van der Waals surface area contributed by atoms with Crippen molar-refractivity contribution in [2.24, 2.45) is 0 Å². The Morgan fingerprint density at radius 3 is 2.75 bits per heavy atom. The second kappa shape index (κ2) is 7.26. The van der Waals surface area contributed by atoms with E-state index in [0.717, 1.165) is 44.0 Å². The third kappa shape index (κ3) is 3.73. The van der Waals surface area contributed by atoms with Crippen LogP contribution in [0.2, 0.25) is 0 Å². The fourth-order valence-electron chi connectivity index (χ4n) is 3.32. The van der Waals surface area contributed by atoms with Gasteiger partial charge in [0.05, 0.1) is 0 Å². The maximum absolute atomic E-state index is 12.6. The molecule has 2 amide bonds. The SMILES string of the molecule is CC(C)N(C)c1cccc(NC(=O)N2CCC(N3CC=CC3)C2)c1. The van der Waals surface area contributed by atoms with E-state index in [2.05, 4.69) is 54.2 Å². The molecule has 130 valence electrons. The van der Waals surface area contributed by atoms with Gasteiger partial charge >= 0.3 is 6.03 Å². The number of benzene rings is 1. The number of rotatable bonds is 4. The number of amides is 2. The molecule has 5 heteroatoms. The van der Waals surface area contributed by atoms with Crippen LogP contribution in [0.3, 0.4) is 0 Å². The van der Waals surface area contributed by atoms with Gasteiger partial charge in [0.2, 0.25) is 0 Å². The molecule has 24 heavy (non-hydrogen) atoms. The van der Waals surface area contributed by atoms with Gasteiger partial charge in [-0.05, 0) is 38.5 Å². The van der Waals surface area contributed by atoms with Crippen LogP contribution in [-0.4, -0.2) is 61.1 Å². The molecular formula is C19H28N4O. The van der Waals surface area contributed by atoms with Crippen LogP contribution >= 0.6 is 0 Å². The standard InChI is InChI=1S/C19H28N4O/c1-15(2)21(3)17-8-6-7-16(13-17)20-19(24)23-12-9-18(14-23)22-10-4-5-11-22/h4-8,13,15,18H,9-12,14H2,1-3H3,(H,20,24). The molecular weight excluding hydrogens is 300 g/mol. The maximum Gasteiger partial charge on any atom is 0.321 e. The summed E-state index contributed by atoms with van der Waals surface area (Å²) in [5, 5.41) is 3.06. The Morgan fingerprint density at radius 1 is 1.29 bits per heavy atom. The van der Waals surface area contributed by atoms with Gasteiger partial charge in [-0.25, -0.2) is 4.79 Å². The van der Waals surface area contributed by atoms with Gasteiger partial charge in [0.1, 0.15) is 0 Å². The van der Waals surface area contributed by atoms with Crippen LogP contribution in [0.4, 0.5) is 16.2 Å². The predicted molar refractivity (Wildman–Crippen MR) is 99.7 cm³/mol. The zero-order valence-corrected chi connectivity index (χ0v) is 14.9. The number of nitrogens with one attached hydrogen (secondary N) is 1. The molecule has 5 nitrogen and oxygen atoms in total. The smallest absolute Gasteiger partial charge is 0.321 e. The predicted octanol–water partition coefficient (Wildman–Crippen LogP) is 3.01. The number of anilines is 2. The molecule has 1 aromatic carbocycles. The highest BCUT2D eigenvalue weighted by Crippen LogP contribution is 2.22. The summed E-state index contributed by atoms with van der Waals surface area (Å²) in [6.45, 7) is 8.00. The van der Waals surface area contributed by atoms with Gasteiger partial charge < -0.3 is 15.1 Å². The van der Waals surface area contributed by atoms with E-state index in [9.17, 15) is 4.79 Å². The molecule has 1 unspecified atom stereocenters. The number of hydrogen-bond donors (Lipinski definition) is 1. The first-order valence-electron chi connectivity index (χ1n) is 8.82. The lowest BCUT2D eigenvalue weighted by Gasteiger charge is -2.25. The molecule has 0 aliphatic carbocycles. The van der Waals surface area contributed by atoms with E-state index in [4.69, 9.17) is 0 Å². The number of nitrogens with zero attached hydrogens (tertiary/aromatic N) is 3. The Balaban J connectivity index is 1.58. The van der Waals surface area contributed by atoms with Crippen molar-refractivity contribution < 1.29 is 4.79 Å². The third-order valence-corrected chi connectivity index (χ3v) is 5.09. The van der Waals surface area contributed by atoms with Crippen LogP contribution in [-0.2, 0) is 0 Å². The molecule has 2 heterocycles. The van der Waals surface area contributed by atoms with E-state index < -0.39 is 0 Å². The van der Waals surface area contributed by atoms with Crippen LogP contribution < -0.4 is 10.2 Å². The molecule has 1 atom stereocenters. The van der Waals surface area contributed by atoms with Gasteiger partial charge in [0.15, 0.2) is 0 Å². The highest BCUT2D eigenvalue weighted by Gasteiger charge is 2.30. The van der Waals surface area contributed by atoms with Crippen LogP contribution in [0.1, 0.15) is 20.3 Å². The average Bonchev–Trinajstić information content (AvgIpc) is 3.25. The molecule has 0 radical (unpaired) electrons. The second-order valence-corrected chi connectivity index (χ2v) is 7.00. The van der Waals surface area contributed by atoms with E-state index in [1.165, 1.54) is 0 Å². The van der Waals surface area contributed by atoms with Crippen LogP contribution in [0.5, 0.6) is 0 Å². The van der Waals surface area contributed by atoms with Gasteiger partial charge in [-0.3, -0.25) is 4.90 Å². The second-order valence-electron chi connectivity index (χ2n) is 7.00. The summed E-state index contributed by atoms with van der Waals surface area (Å²) in [6, 6.07) is 8.97. The van der Waals surface area contributed by atoms with Crippen molar-refractivity contribution in [2.75, 3.05) is 43.4 Å². The molecule has 1 N–H and O–H groups in total. The summed E-state index contributed by atoms with van der Waals surface area (Å²) < 4.78 is 0. The lowest BCUT2D eigenvalue weighted by Crippen LogP contribution is -2.38. The van der Waals surface area contributed by atoms with Crippen molar-refractivity contribution in [3.63, 3.8) is 0 Å². The number of carbonyl (C=O) groups is 1. The van der Waals surface area contributed by atoms with Crippen molar-refractivity contribution >= 4 is 17.4 Å². The molecule has 0 bridgehead atoms. The van der Waals surface area contributed by atoms with Crippen LogP contribution in [0.25, 0.3) is 0 Å². The lowest BCUT2D eigenvalue weighted by atomic mass is 10.2. The number of hydrogen-bond acceptors (Lipinski definition) is 3. The number of likely N-dealkylation sites (tertiary alicyclic amines) is 1. The summed E-state index contributed by atoms with van der Waals surface area (Å²) in [4.78, 5) is 19.1. The minimum Gasteiger partial charge on any atom is -0.372 e. The van der Waals surface area contributed by atoms with Crippen LogP contribution in [0.15, 0.2) is 36.4 Å². The summed E-state index contributed by atoms with van der Waals surface area (Å²) in [5.41, 5.74) is 1.97. The Kier molecular flexibility index (Phi) is 5.09. The molecule has 2 aliphatic rings.